The lowest BCUT2D eigenvalue weighted by atomic mass is 10.0. The van der Waals surface area contributed by atoms with Crippen LogP contribution in [-0.4, -0.2) is 4.89 Å². The number of rotatable bonds is 3. The molecule has 0 aliphatic rings. The molecule has 2 rings (SSSR count). The molecule has 17 heavy (non-hydrogen) atoms. The van der Waals surface area contributed by atoms with Crippen molar-refractivity contribution >= 4 is 29.0 Å². The zero-order chi connectivity index (χ0) is 12.5. The SMILES string of the molecule is CCc1ccc2ccccc2c1OP(=O)(O)Cl. The van der Waals surface area contributed by atoms with Crippen LogP contribution < -0.4 is 4.52 Å². The van der Waals surface area contributed by atoms with Gasteiger partial charge in [-0.25, -0.2) is 4.57 Å². The Morgan fingerprint density at radius 2 is 2.00 bits per heavy atom. The van der Waals surface area contributed by atoms with Crippen molar-refractivity contribution in [2.24, 2.45) is 0 Å². The fraction of sp³-hybridized carbons (Fsp3) is 0.167. The molecule has 0 aromatic heterocycles. The minimum absolute atomic E-state index is 0.395. The molecule has 0 aliphatic carbocycles. The van der Waals surface area contributed by atoms with Crippen LogP contribution in [0.25, 0.3) is 10.8 Å². The Bertz CT molecular complexity index is 591. The van der Waals surface area contributed by atoms with Crippen LogP contribution in [0, 0.1) is 0 Å². The maximum absolute atomic E-state index is 11.2. The summed E-state index contributed by atoms with van der Waals surface area (Å²) < 4.78 is 16.2. The number of fused-ring (bicyclic) bond motifs is 1. The van der Waals surface area contributed by atoms with Crippen LogP contribution in [0.5, 0.6) is 5.75 Å². The summed E-state index contributed by atoms with van der Waals surface area (Å²) in [4.78, 5) is 9.15. The normalized spacial score (nSPS) is 14.5. The zero-order valence-corrected chi connectivity index (χ0v) is 10.9. The van der Waals surface area contributed by atoms with E-state index in [1.807, 2.05) is 43.3 Å². The van der Waals surface area contributed by atoms with Crippen LogP contribution in [0.1, 0.15) is 12.5 Å². The summed E-state index contributed by atoms with van der Waals surface area (Å²) in [6.07, 6.45) is 0.705. The highest BCUT2D eigenvalue weighted by atomic mass is 35.7. The van der Waals surface area contributed by atoms with Gasteiger partial charge in [-0.05, 0) is 17.4 Å². The molecule has 0 saturated heterocycles. The van der Waals surface area contributed by atoms with E-state index in [9.17, 15) is 4.57 Å². The number of aryl methyl sites for hydroxylation is 1. The summed E-state index contributed by atoms with van der Waals surface area (Å²) in [5.41, 5.74) is 0.860. The molecule has 0 radical (unpaired) electrons. The van der Waals surface area contributed by atoms with Gasteiger partial charge >= 0.3 is 6.95 Å². The standard InChI is InChI=1S/C12H12ClO3P/c1-2-9-7-8-10-5-3-4-6-11(10)12(9)16-17(13,14)15/h3-8H,2H2,1H3,(H,14,15). The van der Waals surface area contributed by atoms with Crippen LogP contribution in [0.15, 0.2) is 36.4 Å². The van der Waals surface area contributed by atoms with E-state index in [1.165, 1.54) is 0 Å². The molecular formula is C12H12ClO3P. The van der Waals surface area contributed by atoms with E-state index in [0.29, 0.717) is 12.2 Å². The first-order valence-corrected chi connectivity index (χ1v) is 7.72. The van der Waals surface area contributed by atoms with Crippen LogP contribution >= 0.6 is 18.2 Å². The molecule has 90 valence electrons. The quantitative estimate of drug-likeness (QED) is 0.854. The van der Waals surface area contributed by atoms with Crippen molar-refractivity contribution in [3.63, 3.8) is 0 Å². The number of halogens is 1. The Kier molecular flexibility index (Phi) is 3.43. The first kappa shape index (κ1) is 12.4. The zero-order valence-electron chi connectivity index (χ0n) is 9.26. The van der Waals surface area contributed by atoms with E-state index in [0.717, 1.165) is 16.3 Å². The molecule has 1 N–H and O–H groups in total. The predicted molar refractivity (Wildman–Crippen MR) is 69.6 cm³/mol. The molecule has 0 saturated carbocycles. The average Bonchev–Trinajstić information content (AvgIpc) is 2.28. The molecule has 0 bridgehead atoms. The lowest BCUT2D eigenvalue weighted by molar-refractivity contribution is 0.401. The lowest BCUT2D eigenvalue weighted by Gasteiger charge is -2.13. The average molecular weight is 271 g/mol. The summed E-state index contributed by atoms with van der Waals surface area (Å²) in [5, 5.41) is 1.74. The minimum Gasteiger partial charge on any atom is -0.413 e. The van der Waals surface area contributed by atoms with E-state index in [2.05, 4.69) is 0 Å². The minimum atomic E-state index is -4.06. The highest BCUT2D eigenvalue weighted by Gasteiger charge is 2.19. The fourth-order valence-electron chi connectivity index (χ4n) is 1.79. The van der Waals surface area contributed by atoms with E-state index in [-0.39, 0.29) is 0 Å². The summed E-state index contributed by atoms with van der Waals surface area (Å²) in [7, 11) is 0. The second-order valence-corrected chi connectivity index (χ2v) is 6.04. The van der Waals surface area contributed by atoms with Gasteiger partial charge in [0.1, 0.15) is 5.75 Å². The summed E-state index contributed by atoms with van der Waals surface area (Å²) >= 11 is 5.29. The first-order chi connectivity index (χ1) is 8.01. The van der Waals surface area contributed by atoms with Crippen molar-refractivity contribution in [1.29, 1.82) is 0 Å². The monoisotopic (exact) mass is 270 g/mol. The van der Waals surface area contributed by atoms with Gasteiger partial charge in [0, 0.05) is 16.6 Å². The van der Waals surface area contributed by atoms with Gasteiger partial charge in [-0.2, -0.15) is 0 Å². The molecule has 3 nitrogen and oxygen atoms in total. The first-order valence-electron chi connectivity index (χ1n) is 5.24. The van der Waals surface area contributed by atoms with Gasteiger partial charge in [-0.3, -0.25) is 0 Å². The third-order valence-electron chi connectivity index (χ3n) is 2.55. The van der Waals surface area contributed by atoms with Crippen molar-refractivity contribution in [3.8, 4) is 5.75 Å². The van der Waals surface area contributed by atoms with Gasteiger partial charge in [0.05, 0.1) is 0 Å². The molecular weight excluding hydrogens is 259 g/mol. The van der Waals surface area contributed by atoms with Crippen LogP contribution in [0.2, 0.25) is 0 Å². The van der Waals surface area contributed by atoms with Gasteiger partial charge < -0.3 is 9.42 Å². The van der Waals surface area contributed by atoms with Crippen molar-refractivity contribution in [2.75, 3.05) is 0 Å². The maximum atomic E-state index is 11.2. The summed E-state index contributed by atoms with van der Waals surface area (Å²) in [6.45, 7) is -2.11. The van der Waals surface area contributed by atoms with Gasteiger partial charge in [0.15, 0.2) is 0 Å². The van der Waals surface area contributed by atoms with E-state index >= 15 is 0 Å². The molecule has 2 aromatic rings. The van der Waals surface area contributed by atoms with Gasteiger partial charge in [0.2, 0.25) is 0 Å². The smallest absolute Gasteiger partial charge is 0.413 e. The van der Waals surface area contributed by atoms with E-state index < -0.39 is 6.95 Å². The van der Waals surface area contributed by atoms with Crippen LogP contribution in [0.4, 0.5) is 0 Å². The third kappa shape index (κ3) is 2.81. The Morgan fingerprint density at radius 3 is 2.65 bits per heavy atom. The molecule has 1 atom stereocenters. The molecule has 0 fully saturated rings. The molecule has 5 heteroatoms. The Morgan fingerprint density at radius 1 is 1.29 bits per heavy atom. The van der Waals surface area contributed by atoms with Crippen molar-refractivity contribution < 1.29 is 14.0 Å². The van der Waals surface area contributed by atoms with Gasteiger partial charge in [-0.15, -0.1) is 0 Å². The van der Waals surface area contributed by atoms with Crippen molar-refractivity contribution in [3.05, 3.63) is 42.0 Å². The molecule has 0 amide bonds. The number of benzene rings is 2. The highest BCUT2D eigenvalue weighted by Crippen LogP contribution is 2.50. The maximum Gasteiger partial charge on any atom is 0.474 e. The molecule has 0 aliphatic heterocycles. The molecule has 1 unspecified atom stereocenters. The van der Waals surface area contributed by atoms with Gasteiger partial charge in [-0.1, -0.05) is 43.3 Å². The Labute approximate surface area is 104 Å². The van der Waals surface area contributed by atoms with Crippen molar-refractivity contribution in [1.82, 2.24) is 0 Å². The third-order valence-corrected chi connectivity index (χ3v) is 3.16. The topological polar surface area (TPSA) is 46.5 Å². The number of hydrogen-bond acceptors (Lipinski definition) is 2. The van der Waals surface area contributed by atoms with Crippen molar-refractivity contribution in [2.45, 2.75) is 13.3 Å². The molecule has 2 aromatic carbocycles. The second kappa shape index (κ2) is 4.69. The van der Waals surface area contributed by atoms with E-state index in [1.54, 1.807) is 0 Å². The molecule has 0 spiro atoms. The number of hydrogen-bond donors (Lipinski definition) is 1. The Balaban J connectivity index is 2.67. The largest absolute Gasteiger partial charge is 0.474 e. The summed E-state index contributed by atoms with van der Waals surface area (Å²) in [6, 6.07) is 11.3. The summed E-state index contributed by atoms with van der Waals surface area (Å²) in [5.74, 6) is 0.395. The fourth-order valence-corrected chi connectivity index (χ4v) is 2.43. The second-order valence-electron chi connectivity index (χ2n) is 3.67. The lowest BCUT2D eigenvalue weighted by Crippen LogP contribution is -1.93. The highest BCUT2D eigenvalue weighted by molar-refractivity contribution is 7.80. The van der Waals surface area contributed by atoms with Gasteiger partial charge in [0.25, 0.3) is 0 Å². The Hall–Kier alpha value is -1.02. The van der Waals surface area contributed by atoms with E-state index in [4.69, 9.17) is 20.7 Å². The molecule has 0 heterocycles. The van der Waals surface area contributed by atoms with Crippen LogP contribution in [-0.2, 0) is 11.0 Å². The predicted octanol–water partition coefficient (Wildman–Crippen LogP) is 4.12. The van der Waals surface area contributed by atoms with Crippen LogP contribution in [0.3, 0.4) is 0 Å².